The van der Waals surface area contributed by atoms with Gasteiger partial charge in [-0.15, -0.1) is 0 Å². The topological polar surface area (TPSA) is 30.2 Å². The van der Waals surface area contributed by atoms with Crippen molar-refractivity contribution < 1.29 is 0 Å². The minimum atomic E-state index is 0.381. The Morgan fingerprint density at radius 3 is 2.79 bits per heavy atom. The van der Waals surface area contributed by atoms with Crippen molar-refractivity contribution in [2.24, 2.45) is 0 Å². The molecule has 0 amide bonds. The predicted octanol–water partition coefficient (Wildman–Crippen LogP) is 2.81. The molecule has 0 aliphatic carbocycles. The molecule has 0 N–H and O–H groups in total. The molecule has 0 spiro atoms. The Morgan fingerprint density at radius 2 is 2.14 bits per heavy atom. The minimum absolute atomic E-state index is 0.381. The molecule has 0 saturated carbocycles. The molecule has 2 rings (SSSR count). The van der Waals surface area contributed by atoms with Gasteiger partial charge in [-0.3, -0.25) is 0 Å². The Bertz CT molecular complexity index is 473. The van der Waals surface area contributed by atoms with E-state index in [-0.39, 0.29) is 0 Å². The average Bonchev–Trinajstić information content (AvgIpc) is 2.48. The molecule has 0 aliphatic rings. The lowest BCUT2D eigenvalue weighted by Crippen LogP contribution is -1.99. The Kier molecular flexibility index (Phi) is 2.19. The highest BCUT2D eigenvalue weighted by Crippen LogP contribution is 2.20. The second kappa shape index (κ2) is 3.24. The van der Waals surface area contributed by atoms with Crippen LogP contribution in [0.15, 0.2) is 12.3 Å². The SMILES string of the molecule is Cc1cnn2c(Cl)cc(C(C)C)nc12. The molecule has 0 aromatic carbocycles. The summed E-state index contributed by atoms with van der Waals surface area (Å²) in [6.07, 6.45) is 1.78. The summed E-state index contributed by atoms with van der Waals surface area (Å²) in [7, 11) is 0. The van der Waals surface area contributed by atoms with Gasteiger partial charge in [0.05, 0.1) is 6.20 Å². The van der Waals surface area contributed by atoms with Gasteiger partial charge >= 0.3 is 0 Å². The maximum atomic E-state index is 6.08. The van der Waals surface area contributed by atoms with Gasteiger partial charge in [0.15, 0.2) is 5.65 Å². The zero-order valence-electron chi connectivity index (χ0n) is 8.45. The van der Waals surface area contributed by atoms with Crippen LogP contribution in [0.5, 0.6) is 0 Å². The molecule has 0 radical (unpaired) electrons. The van der Waals surface area contributed by atoms with Crippen molar-refractivity contribution in [1.29, 1.82) is 0 Å². The van der Waals surface area contributed by atoms with Crippen LogP contribution < -0.4 is 0 Å². The molecule has 3 nitrogen and oxygen atoms in total. The minimum Gasteiger partial charge on any atom is -0.233 e. The van der Waals surface area contributed by atoms with Crippen LogP contribution >= 0.6 is 11.6 Å². The van der Waals surface area contributed by atoms with Crippen LogP contribution in [-0.4, -0.2) is 14.6 Å². The fourth-order valence-corrected chi connectivity index (χ4v) is 1.58. The van der Waals surface area contributed by atoms with E-state index in [4.69, 9.17) is 11.6 Å². The van der Waals surface area contributed by atoms with Gasteiger partial charge in [0.2, 0.25) is 0 Å². The van der Waals surface area contributed by atoms with Crippen molar-refractivity contribution in [2.75, 3.05) is 0 Å². The van der Waals surface area contributed by atoms with Crippen molar-refractivity contribution in [3.63, 3.8) is 0 Å². The molecule has 2 aromatic rings. The van der Waals surface area contributed by atoms with Gasteiger partial charge in [0, 0.05) is 11.3 Å². The Hall–Kier alpha value is -1.09. The number of nitrogens with zero attached hydrogens (tertiary/aromatic N) is 3. The Labute approximate surface area is 87.7 Å². The highest BCUT2D eigenvalue weighted by Gasteiger charge is 2.09. The van der Waals surface area contributed by atoms with Crippen LogP contribution in [0, 0.1) is 6.92 Å². The summed E-state index contributed by atoms with van der Waals surface area (Å²) >= 11 is 6.08. The van der Waals surface area contributed by atoms with Crippen LogP contribution in [0.1, 0.15) is 31.0 Å². The molecule has 0 atom stereocenters. The molecule has 4 heteroatoms. The summed E-state index contributed by atoms with van der Waals surface area (Å²) in [4.78, 5) is 4.51. The van der Waals surface area contributed by atoms with E-state index in [1.54, 1.807) is 10.7 Å². The summed E-state index contributed by atoms with van der Waals surface area (Å²) < 4.78 is 1.66. The van der Waals surface area contributed by atoms with E-state index >= 15 is 0 Å². The van der Waals surface area contributed by atoms with Crippen molar-refractivity contribution in [2.45, 2.75) is 26.7 Å². The van der Waals surface area contributed by atoms with Crippen molar-refractivity contribution in [3.05, 3.63) is 28.7 Å². The zero-order chi connectivity index (χ0) is 10.3. The second-order valence-electron chi connectivity index (χ2n) is 3.72. The van der Waals surface area contributed by atoms with E-state index in [9.17, 15) is 0 Å². The maximum Gasteiger partial charge on any atom is 0.159 e. The van der Waals surface area contributed by atoms with E-state index in [1.807, 2.05) is 13.0 Å². The number of hydrogen-bond donors (Lipinski definition) is 0. The summed E-state index contributed by atoms with van der Waals surface area (Å²) in [5, 5.41) is 4.76. The van der Waals surface area contributed by atoms with E-state index in [2.05, 4.69) is 23.9 Å². The third kappa shape index (κ3) is 1.38. The molecular formula is C10H12ClN3. The molecule has 0 fully saturated rings. The van der Waals surface area contributed by atoms with Crippen molar-refractivity contribution >= 4 is 17.2 Å². The predicted molar refractivity (Wildman–Crippen MR) is 56.8 cm³/mol. The van der Waals surface area contributed by atoms with Gasteiger partial charge in [-0.2, -0.15) is 5.10 Å². The molecule has 0 bridgehead atoms. The maximum absolute atomic E-state index is 6.08. The van der Waals surface area contributed by atoms with Gasteiger partial charge < -0.3 is 0 Å². The van der Waals surface area contributed by atoms with Gasteiger partial charge in [-0.1, -0.05) is 25.4 Å². The molecule has 14 heavy (non-hydrogen) atoms. The number of aryl methyl sites for hydroxylation is 1. The first-order chi connectivity index (χ1) is 6.59. The van der Waals surface area contributed by atoms with Crippen LogP contribution in [0.25, 0.3) is 5.65 Å². The summed E-state index contributed by atoms with van der Waals surface area (Å²) in [6.45, 7) is 6.18. The van der Waals surface area contributed by atoms with E-state index < -0.39 is 0 Å². The number of fused-ring (bicyclic) bond motifs is 1. The summed E-state index contributed by atoms with van der Waals surface area (Å²) in [5.41, 5.74) is 2.90. The smallest absolute Gasteiger partial charge is 0.159 e. The van der Waals surface area contributed by atoms with Crippen LogP contribution in [0.2, 0.25) is 5.15 Å². The monoisotopic (exact) mass is 209 g/mol. The van der Waals surface area contributed by atoms with Gasteiger partial charge in [0.25, 0.3) is 0 Å². The van der Waals surface area contributed by atoms with Crippen molar-refractivity contribution in [1.82, 2.24) is 14.6 Å². The normalized spacial score (nSPS) is 11.5. The fraction of sp³-hybridized carbons (Fsp3) is 0.400. The highest BCUT2D eigenvalue weighted by atomic mass is 35.5. The van der Waals surface area contributed by atoms with Gasteiger partial charge in [-0.05, 0) is 18.9 Å². The van der Waals surface area contributed by atoms with Crippen LogP contribution in [0.3, 0.4) is 0 Å². The number of hydrogen-bond acceptors (Lipinski definition) is 2. The second-order valence-corrected chi connectivity index (χ2v) is 4.11. The van der Waals surface area contributed by atoms with Crippen molar-refractivity contribution in [3.8, 4) is 0 Å². The first-order valence-electron chi connectivity index (χ1n) is 4.60. The van der Waals surface area contributed by atoms with E-state index in [1.165, 1.54) is 0 Å². The number of aromatic nitrogens is 3. The van der Waals surface area contributed by atoms with E-state index in [0.29, 0.717) is 11.1 Å². The van der Waals surface area contributed by atoms with E-state index in [0.717, 1.165) is 16.9 Å². The first kappa shape index (κ1) is 9.46. The lowest BCUT2D eigenvalue weighted by molar-refractivity contribution is 0.808. The average molecular weight is 210 g/mol. The third-order valence-electron chi connectivity index (χ3n) is 2.22. The first-order valence-corrected chi connectivity index (χ1v) is 4.98. The largest absolute Gasteiger partial charge is 0.233 e. The molecule has 2 aromatic heterocycles. The fourth-order valence-electron chi connectivity index (χ4n) is 1.35. The highest BCUT2D eigenvalue weighted by molar-refractivity contribution is 6.29. The summed E-state index contributed by atoms with van der Waals surface area (Å²) in [6, 6.07) is 1.87. The molecular weight excluding hydrogens is 198 g/mol. The quantitative estimate of drug-likeness (QED) is 0.677. The van der Waals surface area contributed by atoms with Gasteiger partial charge in [0.1, 0.15) is 5.15 Å². The summed E-state index contributed by atoms with van der Waals surface area (Å²) in [5.74, 6) is 0.381. The molecule has 2 heterocycles. The number of halogens is 1. The Balaban J connectivity index is 2.75. The molecule has 0 unspecified atom stereocenters. The standard InChI is InChI=1S/C10H12ClN3/c1-6(2)8-4-9(11)14-10(13-8)7(3)5-12-14/h4-6H,1-3H3. The zero-order valence-corrected chi connectivity index (χ0v) is 9.21. The lowest BCUT2D eigenvalue weighted by atomic mass is 10.1. The molecule has 0 aliphatic heterocycles. The molecule has 74 valence electrons. The van der Waals surface area contributed by atoms with Gasteiger partial charge in [-0.25, -0.2) is 9.50 Å². The van der Waals surface area contributed by atoms with Crippen LogP contribution in [0.4, 0.5) is 0 Å². The molecule has 0 saturated heterocycles. The Morgan fingerprint density at radius 1 is 1.43 bits per heavy atom. The van der Waals surface area contributed by atoms with Crippen LogP contribution in [-0.2, 0) is 0 Å². The third-order valence-corrected chi connectivity index (χ3v) is 2.49. The number of rotatable bonds is 1. The lowest BCUT2D eigenvalue weighted by Gasteiger charge is -2.06.